The van der Waals surface area contributed by atoms with Crippen molar-refractivity contribution in [2.45, 2.75) is 26.7 Å². The highest BCUT2D eigenvalue weighted by atomic mass is 35.5. The molecule has 0 atom stereocenters. The number of hydrogen-bond donors (Lipinski definition) is 0. The zero-order valence-electron chi connectivity index (χ0n) is 11.6. The molecule has 0 N–H and O–H groups in total. The number of carbonyl (C=O) groups excluding carboxylic acids is 1. The Morgan fingerprint density at radius 1 is 1.05 bits per heavy atom. The molecule has 102 valence electrons. The van der Waals surface area contributed by atoms with Crippen LogP contribution in [0.3, 0.4) is 0 Å². The summed E-state index contributed by atoms with van der Waals surface area (Å²) in [4.78, 5) is 16.8. The van der Waals surface area contributed by atoms with Gasteiger partial charge >= 0.3 is 0 Å². The molecular formula is C17H16ClNO. The summed E-state index contributed by atoms with van der Waals surface area (Å²) in [5, 5.41) is 0.711. The lowest BCUT2D eigenvalue weighted by Gasteiger charge is -2.29. The van der Waals surface area contributed by atoms with Gasteiger partial charge in [-0.3, -0.25) is 9.78 Å². The van der Waals surface area contributed by atoms with Gasteiger partial charge in [0.25, 0.3) is 0 Å². The third-order valence-corrected chi connectivity index (χ3v) is 3.95. The second-order valence-electron chi connectivity index (χ2n) is 6.14. The summed E-state index contributed by atoms with van der Waals surface area (Å²) in [7, 11) is 0. The van der Waals surface area contributed by atoms with Gasteiger partial charge in [0.05, 0.1) is 11.4 Å². The fraction of sp³-hybridized carbons (Fsp3) is 0.294. The highest BCUT2D eigenvalue weighted by Gasteiger charge is 2.31. The lowest BCUT2D eigenvalue weighted by molar-refractivity contribution is 0.0910. The minimum absolute atomic E-state index is 0.00426. The molecule has 0 bridgehead atoms. The third kappa shape index (κ3) is 2.48. The Bertz CT molecular complexity index is 674. The Labute approximate surface area is 123 Å². The summed E-state index contributed by atoms with van der Waals surface area (Å²) in [6, 6.07) is 11.4. The minimum Gasteiger partial charge on any atom is -0.294 e. The summed E-state index contributed by atoms with van der Waals surface area (Å²) < 4.78 is 0. The number of nitrogens with zero attached hydrogens (tertiary/aromatic N) is 1. The van der Waals surface area contributed by atoms with E-state index in [-0.39, 0.29) is 11.2 Å². The number of fused-ring (bicyclic) bond motifs is 1. The fourth-order valence-electron chi connectivity index (χ4n) is 2.72. The third-order valence-electron chi connectivity index (χ3n) is 3.70. The smallest absolute Gasteiger partial charge is 0.165 e. The predicted octanol–water partition coefficient (Wildman–Crippen LogP) is 4.56. The average molecular weight is 286 g/mol. The van der Waals surface area contributed by atoms with Crippen LogP contribution in [0.5, 0.6) is 0 Å². The lowest BCUT2D eigenvalue weighted by atomic mass is 9.75. The van der Waals surface area contributed by atoms with Gasteiger partial charge in [0.2, 0.25) is 0 Å². The van der Waals surface area contributed by atoms with E-state index < -0.39 is 0 Å². The topological polar surface area (TPSA) is 30.0 Å². The van der Waals surface area contributed by atoms with Crippen LogP contribution >= 0.6 is 11.6 Å². The Morgan fingerprint density at radius 3 is 2.45 bits per heavy atom. The highest BCUT2D eigenvalue weighted by Crippen LogP contribution is 2.34. The van der Waals surface area contributed by atoms with Crippen LogP contribution in [-0.2, 0) is 6.42 Å². The summed E-state index contributed by atoms with van der Waals surface area (Å²) in [6.07, 6.45) is 1.44. The van der Waals surface area contributed by atoms with E-state index in [1.165, 1.54) is 0 Å². The van der Waals surface area contributed by atoms with Crippen LogP contribution in [0.2, 0.25) is 5.02 Å². The fourth-order valence-corrected chi connectivity index (χ4v) is 2.84. The van der Waals surface area contributed by atoms with E-state index in [0.29, 0.717) is 11.4 Å². The van der Waals surface area contributed by atoms with Crippen LogP contribution in [0, 0.1) is 5.41 Å². The molecule has 0 radical (unpaired) electrons. The van der Waals surface area contributed by atoms with Crippen LogP contribution < -0.4 is 0 Å². The number of carbonyl (C=O) groups is 1. The molecule has 0 amide bonds. The Morgan fingerprint density at radius 2 is 1.75 bits per heavy atom. The van der Waals surface area contributed by atoms with Crippen molar-refractivity contribution in [3.8, 4) is 11.3 Å². The van der Waals surface area contributed by atoms with E-state index in [1.807, 2.05) is 36.4 Å². The van der Waals surface area contributed by atoms with Gasteiger partial charge in [-0.05, 0) is 36.1 Å². The molecule has 0 aliphatic heterocycles. The molecule has 1 aromatic heterocycles. The van der Waals surface area contributed by atoms with E-state index in [2.05, 4.69) is 13.8 Å². The second kappa shape index (κ2) is 4.71. The van der Waals surface area contributed by atoms with Crippen molar-refractivity contribution in [2.75, 3.05) is 0 Å². The molecule has 20 heavy (non-hydrogen) atoms. The number of benzene rings is 1. The quantitative estimate of drug-likeness (QED) is 0.769. The zero-order chi connectivity index (χ0) is 14.3. The number of hydrogen-bond acceptors (Lipinski definition) is 2. The predicted molar refractivity (Wildman–Crippen MR) is 81.1 cm³/mol. The van der Waals surface area contributed by atoms with Crippen molar-refractivity contribution < 1.29 is 4.79 Å². The van der Waals surface area contributed by atoms with Gasteiger partial charge in [-0.25, -0.2) is 0 Å². The number of halogens is 1. The normalized spacial score (nSPS) is 16.9. The first-order valence-corrected chi connectivity index (χ1v) is 7.11. The zero-order valence-corrected chi connectivity index (χ0v) is 12.4. The standard InChI is InChI=1S/C17H16ClNO/c1-17(2)9-15-13(16(20)10-17)7-8-14(19-15)11-3-5-12(18)6-4-11/h3-8H,9-10H2,1-2H3. The lowest BCUT2D eigenvalue weighted by Crippen LogP contribution is -2.27. The van der Waals surface area contributed by atoms with Crippen molar-refractivity contribution in [1.82, 2.24) is 4.98 Å². The molecule has 1 aliphatic rings. The summed E-state index contributed by atoms with van der Waals surface area (Å²) in [6.45, 7) is 4.23. The molecule has 2 nitrogen and oxygen atoms in total. The molecule has 1 heterocycles. The first-order chi connectivity index (χ1) is 9.44. The van der Waals surface area contributed by atoms with Crippen molar-refractivity contribution in [3.05, 3.63) is 52.7 Å². The number of rotatable bonds is 1. The van der Waals surface area contributed by atoms with Gasteiger partial charge in [-0.1, -0.05) is 37.6 Å². The van der Waals surface area contributed by atoms with Gasteiger partial charge in [0.1, 0.15) is 0 Å². The van der Waals surface area contributed by atoms with Crippen LogP contribution in [-0.4, -0.2) is 10.8 Å². The summed E-state index contributed by atoms with van der Waals surface area (Å²) in [5.41, 5.74) is 3.61. The molecule has 0 spiro atoms. The molecule has 3 rings (SSSR count). The number of pyridine rings is 1. The van der Waals surface area contributed by atoms with Crippen LogP contribution in [0.4, 0.5) is 0 Å². The maximum absolute atomic E-state index is 12.1. The van der Waals surface area contributed by atoms with E-state index >= 15 is 0 Å². The van der Waals surface area contributed by atoms with Crippen molar-refractivity contribution in [2.24, 2.45) is 5.41 Å². The molecule has 0 fully saturated rings. The van der Waals surface area contributed by atoms with E-state index in [4.69, 9.17) is 16.6 Å². The largest absolute Gasteiger partial charge is 0.294 e. The molecule has 2 aromatic rings. The van der Waals surface area contributed by atoms with Gasteiger partial charge < -0.3 is 0 Å². The van der Waals surface area contributed by atoms with Crippen LogP contribution in [0.1, 0.15) is 36.3 Å². The number of ketones is 1. The Kier molecular flexibility index (Phi) is 3.14. The summed E-state index contributed by atoms with van der Waals surface area (Å²) in [5.74, 6) is 0.200. The molecule has 1 aromatic carbocycles. The molecule has 0 saturated heterocycles. The number of Topliss-reactive ketones (excluding diaryl/α,β-unsaturated/α-hetero) is 1. The summed E-state index contributed by atoms with van der Waals surface area (Å²) >= 11 is 5.91. The van der Waals surface area contributed by atoms with Crippen LogP contribution in [0.25, 0.3) is 11.3 Å². The maximum atomic E-state index is 12.1. The maximum Gasteiger partial charge on any atom is 0.165 e. The van der Waals surface area contributed by atoms with E-state index in [9.17, 15) is 4.79 Å². The molecule has 0 unspecified atom stereocenters. The highest BCUT2D eigenvalue weighted by molar-refractivity contribution is 6.30. The van der Waals surface area contributed by atoms with Gasteiger partial charge in [-0.15, -0.1) is 0 Å². The van der Waals surface area contributed by atoms with E-state index in [1.54, 1.807) is 0 Å². The van der Waals surface area contributed by atoms with Gasteiger partial charge in [-0.2, -0.15) is 0 Å². The molecule has 3 heteroatoms. The molecule has 0 saturated carbocycles. The first kappa shape index (κ1) is 13.3. The Balaban J connectivity index is 2.05. The Hall–Kier alpha value is -1.67. The molecular weight excluding hydrogens is 270 g/mol. The van der Waals surface area contributed by atoms with Crippen molar-refractivity contribution in [3.63, 3.8) is 0 Å². The van der Waals surface area contributed by atoms with Gasteiger partial charge in [0.15, 0.2) is 5.78 Å². The first-order valence-electron chi connectivity index (χ1n) is 6.74. The van der Waals surface area contributed by atoms with Crippen molar-refractivity contribution >= 4 is 17.4 Å². The number of aromatic nitrogens is 1. The van der Waals surface area contributed by atoms with E-state index in [0.717, 1.165) is 28.9 Å². The van der Waals surface area contributed by atoms with Crippen molar-refractivity contribution in [1.29, 1.82) is 0 Å². The average Bonchev–Trinajstić information content (AvgIpc) is 2.37. The second-order valence-corrected chi connectivity index (χ2v) is 6.58. The molecule has 1 aliphatic carbocycles. The van der Waals surface area contributed by atoms with Gasteiger partial charge in [0, 0.05) is 22.6 Å². The SMILES string of the molecule is CC1(C)CC(=O)c2ccc(-c3ccc(Cl)cc3)nc2C1. The minimum atomic E-state index is -0.00426. The van der Waals surface area contributed by atoms with Crippen LogP contribution in [0.15, 0.2) is 36.4 Å². The monoisotopic (exact) mass is 285 g/mol.